The van der Waals surface area contributed by atoms with E-state index in [1.54, 1.807) is 24.8 Å². The second-order valence-electron chi connectivity index (χ2n) is 2.91. The van der Waals surface area contributed by atoms with Gasteiger partial charge in [-0.1, -0.05) is 0 Å². The maximum atomic E-state index is 4.27. The Balaban J connectivity index is 2.19. The van der Waals surface area contributed by atoms with E-state index in [4.69, 9.17) is 0 Å². The van der Waals surface area contributed by atoms with Gasteiger partial charge in [-0.2, -0.15) is 0 Å². The van der Waals surface area contributed by atoms with Gasteiger partial charge in [0, 0.05) is 24.3 Å². The van der Waals surface area contributed by atoms with E-state index in [-0.39, 0.29) is 0 Å². The predicted molar refractivity (Wildman–Crippen MR) is 54.3 cm³/mol. The molecule has 0 atom stereocenters. The van der Waals surface area contributed by atoms with E-state index >= 15 is 0 Å². The van der Waals surface area contributed by atoms with Crippen LogP contribution in [0.15, 0.2) is 36.9 Å². The molecule has 70 valence electrons. The smallest absolute Gasteiger partial charge is 0.149 e. The lowest BCUT2D eigenvalue weighted by atomic mass is 10.4. The molecule has 0 aromatic carbocycles. The fourth-order valence-corrected chi connectivity index (χ4v) is 1.11. The van der Waals surface area contributed by atoms with Crippen LogP contribution in [0.3, 0.4) is 0 Å². The minimum atomic E-state index is 0.746. The first-order valence-corrected chi connectivity index (χ1v) is 4.30. The number of hydrogen-bond donors (Lipinski definition) is 1. The number of hydrogen-bond acceptors (Lipinski definition) is 4. The van der Waals surface area contributed by atoms with Crippen LogP contribution in [0.1, 0.15) is 5.69 Å². The van der Waals surface area contributed by atoms with Gasteiger partial charge in [-0.25, -0.2) is 4.98 Å². The number of anilines is 2. The van der Waals surface area contributed by atoms with Crippen LogP contribution in [0, 0.1) is 6.92 Å². The van der Waals surface area contributed by atoms with Crippen LogP contribution in [0.5, 0.6) is 0 Å². The molecule has 14 heavy (non-hydrogen) atoms. The molecule has 0 saturated heterocycles. The lowest BCUT2D eigenvalue weighted by Crippen LogP contribution is -1.95. The molecule has 0 aliphatic heterocycles. The summed E-state index contributed by atoms with van der Waals surface area (Å²) >= 11 is 0. The first-order chi connectivity index (χ1) is 6.84. The topological polar surface area (TPSA) is 50.7 Å². The summed E-state index contributed by atoms with van der Waals surface area (Å²) in [6, 6.07) is 3.76. The second-order valence-corrected chi connectivity index (χ2v) is 2.91. The van der Waals surface area contributed by atoms with Crippen molar-refractivity contribution in [1.82, 2.24) is 15.0 Å². The van der Waals surface area contributed by atoms with Gasteiger partial charge in [0.1, 0.15) is 5.82 Å². The molecule has 2 aromatic heterocycles. The molecule has 0 aliphatic rings. The first-order valence-electron chi connectivity index (χ1n) is 4.30. The molecule has 2 heterocycles. The maximum absolute atomic E-state index is 4.27. The summed E-state index contributed by atoms with van der Waals surface area (Å²) in [6.07, 6.45) is 6.86. The fraction of sp³-hybridized carbons (Fsp3) is 0.100. The quantitative estimate of drug-likeness (QED) is 0.778. The van der Waals surface area contributed by atoms with Gasteiger partial charge in [-0.05, 0) is 19.1 Å². The highest BCUT2D eigenvalue weighted by molar-refractivity contribution is 5.53. The number of rotatable bonds is 2. The largest absolute Gasteiger partial charge is 0.339 e. The Labute approximate surface area is 82.1 Å². The molecule has 0 fully saturated rings. The van der Waals surface area contributed by atoms with E-state index in [1.165, 1.54) is 0 Å². The molecule has 2 aromatic rings. The number of pyridine rings is 1. The van der Waals surface area contributed by atoms with Gasteiger partial charge in [0.2, 0.25) is 0 Å². The standard InChI is InChI=1S/C10H10N4/c1-8-6-12-7-10(13-8)14-9-2-4-11-5-3-9/h2-7H,1H3,(H,11,13,14). The summed E-state index contributed by atoms with van der Waals surface area (Å²) < 4.78 is 0. The summed E-state index contributed by atoms with van der Waals surface area (Å²) in [5, 5.41) is 3.13. The Morgan fingerprint density at radius 2 is 1.86 bits per heavy atom. The molecule has 0 saturated carbocycles. The average Bonchev–Trinajstić information content (AvgIpc) is 2.19. The minimum absolute atomic E-state index is 0.746. The summed E-state index contributed by atoms with van der Waals surface area (Å²) in [6.45, 7) is 1.91. The van der Waals surface area contributed by atoms with Crippen molar-refractivity contribution in [1.29, 1.82) is 0 Å². The van der Waals surface area contributed by atoms with Crippen LogP contribution in [-0.2, 0) is 0 Å². The van der Waals surface area contributed by atoms with Crippen molar-refractivity contribution in [2.75, 3.05) is 5.32 Å². The number of nitrogens with one attached hydrogen (secondary N) is 1. The van der Waals surface area contributed by atoms with Crippen LogP contribution < -0.4 is 5.32 Å². The Bertz CT molecular complexity index is 413. The van der Waals surface area contributed by atoms with Crippen molar-refractivity contribution in [3.63, 3.8) is 0 Å². The number of aryl methyl sites for hydroxylation is 1. The zero-order chi connectivity index (χ0) is 9.80. The molecule has 0 radical (unpaired) electrons. The fourth-order valence-electron chi connectivity index (χ4n) is 1.11. The van der Waals surface area contributed by atoms with Gasteiger partial charge >= 0.3 is 0 Å². The average molecular weight is 186 g/mol. The second kappa shape index (κ2) is 3.83. The normalized spacial score (nSPS) is 9.79. The molecular weight excluding hydrogens is 176 g/mol. The van der Waals surface area contributed by atoms with Crippen LogP contribution >= 0.6 is 0 Å². The maximum Gasteiger partial charge on any atom is 0.149 e. The molecule has 0 unspecified atom stereocenters. The van der Waals surface area contributed by atoms with Crippen molar-refractivity contribution in [3.05, 3.63) is 42.6 Å². The monoisotopic (exact) mass is 186 g/mol. The Kier molecular flexibility index (Phi) is 2.36. The van der Waals surface area contributed by atoms with Crippen molar-refractivity contribution in [2.45, 2.75) is 6.92 Å². The highest BCUT2D eigenvalue weighted by atomic mass is 15.0. The van der Waals surface area contributed by atoms with E-state index in [0.29, 0.717) is 0 Å². The van der Waals surface area contributed by atoms with Gasteiger partial charge in [0.25, 0.3) is 0 Å². The molecule has 0 bridgehead atoms. The number of aromatic nitrogens is 3. The summed E-state index contributed by atoms with van der Waals surface area (Å²) in [5.74, 6) is 0.746. The Morgan fingerprint density at radius 3 is 2.57 bits per heavy atom. The van der Waals surface area contributed by atoms with Crippen LogP contribution in [0.4, 0.5) is 11.5 Å². The molecule has 4 heteroatoms. The van der Waals surface area contributed by atoms with Gasteiger partial charge in [0.05, 0.1) is 11.9 Å². The van der Waals surface area contributed by atoms with E-state index < -0.39 is 0 Å². The van der Waals surface area contributed by atoms with Crippen LogP contribution in [0.25, 0.3) is 0 Å². The van der Waals surface area contributed by atoms with Crippen molar-refractivity contribution in [2.24, 2.45) is 0 Å². The number of nitrogens with zero attached hydrogens (tertiary/aromatic N) is 3. The van der Waals surface area contributed by atoms with Crippen molar-refractivity contribution < 1.29 is 0 Å². The summed E-state index contributed by atoms with van der Waals surface area (Å²) in [7, 11) is 0. The molecule has 0 aliphatic carbocycles. The van der Waals surface area contributed by atoms with Crippen molar-refractivity contribution >= 4 is 11.5 Å². The van der Waals surface area contributed by atoms with Crippen LogP contribution in [0.2, 0.25) is 0 Å². The highest BCUT2D eigenvalue weighted by Gasteiger charge is 1.95. The summed E-state index contributed by atoms with van der Waals surface area (Å²) in [5.41, 5.74) is 1.85. The third-order valence-electron chi connectivity index (χ3n) is 1.71. The minimum Gasteiger partial charge on any atom is -0.339 e. The van der Waals surface area contributed by atoms with Gasteiger partial charge in [-0.15, -0.1) is 0 Å². The highest BCUT2D eigenvalue weighted by Crippen LogP contribution is 2.11. The lowest BCUT2D eigenvalue weighted by molar-refractivity contribution is 1.12. The van der Waals surface area contributed by atoms with Crippen molar-refractivity contribution in [3.8, 4) is 0 Å². The molecule has 0 spiro atoms. The molecular formula is C10H10N4. The third-order valence-corrected chi connectivity index (χ3v) is 1.71. The van der Waals surface area contributed by atoms with E-state index in [0.717, 1.165) is 17.2 Å². The molecule has 4 nitrogen and oxygen atoms in total. The SMILES string of the molecule is Cc1cncc(Nc2ccncc2)n1. The molecule has 2 rings (SSSR count). The summed E-state index contributed by atoms with van der Waals surface area (Å²) in [4.78, 5) is 12.2. The first kappa shape index (κ1) is 8.62. The van der Waals surface area contributed by atoms with Gasteiger partial charge < -0.3 is 5.32 Å². The Hall–Kier alpha value is -1.97. The lowest BCUT2D eigenvalue weighted by Gasteiger charge is -2.04. The zero-order valence-electron chi connectivity index (χ0n) is 7.81. The molecule has 0 amide bonds. The zero-order valence-corrected chi connectivity index (χ0v) is 7.81. The van der Waals surface area contributed by atoms with Crippen LogP contribution in [-0.4, -0.2) is 15.0 Å². The third kappa shape index (κ3) is 2.04. The van der Waals surface area contributed by atoms with Gasteiger partial charge in [0.15, 0.2) is 0 Å². The van der Waals surface area contributed by atoms with E-state index in [1.807, 2.05) is 19.1 Å². The predicted octanol–water partition coefficient (Wildman–Crippen LogP) is 1.92. The van der Waals surface area contributed by atoms with E-state index in [2.05, 4.69) is 20.3 Å². The van der Waals surface area contributed by atoms with Gasteiger partial charge in [-0.3, -0.25) is 9.97 Å². The van der Waals surface area contributed by atoms with E-state index in [9.17, 15) is 0 Å². The molecule has 1 N–H and O–H groups in total. The Morgan fingerprint density at radius 1 is 1.07 bits per heavy atom.